The normalized spacial score (nSPS) is 12.7. The summed E-state index contributed by atoms with van der Waals surface area (Å²) in [6.45, 7) is 5.09. The highest BCUT2D eigenvalue weighted by molar-refractivity contribution is 5.95. The Hall–Kier alpha value is -3.03. The summed E-state index contributed by atoms with van der Waals surface area (Å²) in [6.07, 6.45) is -4.40. The number of hydrogen-bond acceptors (Lipinski definition) is 5. The van der Waals surface area contributed by atoms with Gasteiger partial charge in [0.25, 0.3) is 0 Å². The summed E-state index contributed by atoms with van der Waals surface area (Å²) < 4.78 is 50.5. The molecule has 0 unspecified atom stereocenters. The highest BCUT2D eigenvalue weighted by atomic mass is 19.4. The van der Waals surface area contributed by atoms with Crippen molar-refractivity contribution in [2.24, 2.45) is 0 Å². The Balaban J connectivity index is 2.06. The second-order valence-electron chi connectivity index (χ2n) is 6.77. The van der Waals surface area contributed by atoms with E-state index >= 15 is 0 Å². The number of nitrogens with zero attached hydrogens (tertiary/aromatic N) is 2. The van der Waals surface area contributed by atoms with Gasteiger partial charge in [-0.15, -0.1) is 5.10 Å². The van der Waals surface area contributed by atoms with Gasteiger partial charge in [0, 0.05) is 10.8 Å². The molecule has 0 radical (unpaired) electrons. The van der Waals surface area contributed by atoms with Gasteiger partial charge in [0.05, 0.1) is 31.5 Å². The van der Waals surface area contributed by atoms with Gasteiger partial charge in [-0.25, -0.2) is 0 Å². The molecule has 3 aromatic rings. The van der Waals surface area contributed by atoms with E-state index in [2.05, 4.69) is 15.5 Å². The van der Waals surface area contributed by atoms with E-state index in [4.69, 9.17) is 9.47 Å². The molecule has 1 aromatic heterocycles. The van der Waals surface area contributed by atoms with Crippen LogP contribution in [-0.4, -0.2) is 24.4 Å². The summed E-state index contributed by atoms with van der Waals surface area (Å²) in [5, 5.41) is 13.2. The number of methoxy groups -OCH3 is 2. The van der Waals surface area contributed by atoms with Crippen molar-refractivity contribution in [1.29, 1.82) is 0 Å². The van der Waals surface area contributed by atoms with Crippen LogP contribution in [0.25, 0.3) is 10.8 Å². The smallest absolute Gasteiger partial charge is 0.416 e. The molecule has 5 nitrogen and oxygen atoms in total. The maximum atomic E-state index is 13.3. The van der Waals surface area contributed by atoms with Gasteiger partial charge in [-0.05, 0) is 50.1 Å². The summed E-state index contributed by atoms with van der Waals surface area (Å²) in [5.74, 6) is 1.54. The quantitative estimate of drug-likeness (QED) is 0.611. The number of aryl methyl sites for hydroxylation is 1. The maximum absolute atomic E-state index is 13.3. The lowest BCUT2D eigenvalue weighted by molar-refractivity contribution is -0.138. The van der Waals surface area contributed by atoms with Crippen molar-refractivity contribution >= 4 is 16.6 Å². The largest absolute Gasteiger partial charge is 0.493 e. The van der Waals surface area contributed by atoms with Crippen LogP contribution < -0.4 is 14.8 Å². The monoisotopic (exact) mass is 405 g/mol. The van der Waals surface area contributed by atoms with Gasteiger partial charge in [-0.2, -0.15) is 18.3 Å². The van der Waals surface area contributed by atoms with E-state index in [9.17, 15) is 13.2 Å². The third-order valence-corrected chi connectivity index (χ3v) is 4.97. The summed E-state index contributed by atoms with van der Waals surface area (Å²) in [4.78, 5) is 0. The van der Waals surface area contributed by atoms with Gasteiger partial charge in [-0.3, -0.25) is 0 Å². The van der Waals surface area contributed by atoms with Gasteiger partial charge in [0.15, 0.2) is 17.3 Å². The minimum atomic E-state index is -4.40. The SMILES string of the molecule is COc1cc2c(C)nnc(N[C@H](C)c3cccc(C(F)(F)F)c3C)c2cc1OC. The average Bonchev–Trinajstić information content (AvgIpc) is 2.68. The number of ether oxygens (including phenoxy) is 2. The van der Waals surface area contributed by atoms with Crippen molar-refractivity contribution in [3.8, 4) is 11.5 Å². The minimum Gasteiger partial charge on any atom is -0.493 e. The second kappa shape index (κ2) is 7.77. The Labute approximate surface area is 166 Å². The zero-order chi connectivity index (χ0) is 21.3. The zero-order valence-electron chi connectivity index (χ0n) is 16.8. The first kappa shape index (κ1) is 20.7. The van der Waals surface area contributed by atoms with Crippen LogP contribution in [0.5, 0.6) is 11.5 Å². The molecule has 0 spiro atoms. The molecule has 0 bridgehead atoms. The van der Waals surface area contributed by atoms with Gasteiger partial charge >= 0.3 is 6.18 Å². The van der Waals surface area contributed by atoms with Crippen LogP contribution >= 0.6 is 0 Å². The lowest BCUT2D eigenvalue weighted by atomic mass is 9.97. The molecule has 1 heterocycles. The molecule has 0 amide bonds. The van der Waals surface area contributed by atoms with Crippen molar-refractivity contribution < 1.29 is 22.6 Å². The molecule has 29 heavy (non-hydrogen) atoms. The number of nitrogens with one attached hydrogen (secondary N) is 1. The van der Waals surface area contributed by atoms with E-state index in [-0.39, 0.29) is 5.56 Å². The average molecular weight is 405 g/mol. The molecule has 154 valence electrons. The Kier molecular flexibility index (Phi) is 5.55. The predicted octanol–water partition coefficient (Wildman–Crippen LogP) is 5.46. The maximum Gasteiger partial charge on any atom is 0.416 e. The molecule has 0 saturated heterocycles. The molecule has 1 atom stereocenters. The van der Waals surface area contributed by atoms with E-state index < -0.39 is 17.8 Å². The van der Waals surface area contributed by atoms with Gasteiger partial charge in [0.2, 0.25) is 0 Å². The molecule has 0 aliphatic carbocycles. The fraction of sp³-hybridized carbons (Fsp3) is 0.333. The van der Waals surface area contributed by atoms with Crippen LogP contribution in [0.1, 0.15) is 35.3 Å². The molecule has 1 N–H and O–H groups in total. The van der Waals surface area contributed by atoms with Gasteiger partial charge in [-0.1, -0.05) is 12.1 Å². The fourth-order valence-electron chi connectivity index (χ4n) is 3.43. The molecular weight excluding hydrogens is 383 g/mol. The highest BCUT2D eigenvalue weighted by Gasteiger charge is 2.33. The topological polar surface area (TPSA) is 56.3 Å². The van der Waals surface area contributed by atoms with Crippen molar-refractivity contribution in [3.63, 3.8) is 0 Å². The van der Waals surface area contributed by atoms with E-state index in [0.717, 1.165) is 16.8 Å². The number of hydrogen-bond donors (Lipinski definition) is 1. The third kappa shape index (κ3) is 3.92. The van der Waals surface area contributed by atoms with E-state index in [1.807, 2.05) is 13.0 Å². The second-order valence-corrected chi connectivity index (χ2v) is 6.77. The number of benzene rings is 2. The number of rotatable bonds is 5. The summed E-state index contributed by atoms with van der Waals surface area (Å²) in [7, 11) is 3.08. The molecular formula is C21H22F3N3O2. The molecule has 0 saturated carbocycles. The Bertz CT molecular complexity index is 1050. The highest BCUT2D eigenvalue weighted by Crippen LogP contribution is 2.38. The van der Waals surface area contributed by atoms with Crippen LogP contribution in [0.15, 0.2) is 30.3 Å². The molecule has 3 rings (SSSR count). The minimum absolute atomic E-state index is 0.184. The lowest BCUT2D eigenvalue weighted by Crippen LogP contribution is -2.14. The third-order valence-electron chi connectivity index (χ3n) is 4.97. The Morgan fingerprint density at radius 3 is 2.17 bits per heavy atom. The number of alkyl halides is 3. The Morgan fingerprint density at radius 2 is 1.59 bits per heavy atom. The van der Waals surface area contributed by atoms with Crippen LogP contribution in [0.2, 0.25) is 0 Å². The molecule has 0 aliphatic rings. The lowest BCUT2D eigenvalue weighted by Gasteiger charge is -2.21. The van der Waals surface area contributed by atoms with Crippen molar-refractivity contribution in [2.75, 3.05) is 19.5 Å². The van der Waals surface area contributed by atoms with Crippen LogP contribution in [0.3, 0.4) is 0 Å². The standard InChI is InChI=1S/C21H22F3N3O2/c1-11-14(7-6-8-17(11)21(22,23)24)12(2)25-20-16-10-19(29-5)18(28-4)9-15(16)13(3)26-27-20/h6-10,12H,1-5H3,(H,25,27)/t12-/m1/s1. The van der Waals surface area contributed by atoms with Gasteiger partial charge in [0.1, 0.15) is 0 Å². The van der Waals surface area contributed by atoms with Gasteiger partial charge < -0.3 is 14.8 Å². The van der Waals surface area contributed by atoms with Crippen LogP contribution in [0.4, 0.5) is 19.0 Å². The van der Waals surface area contributed by atoms with Crippen LogP contribution in [0, 0.1) is 13.8 Å². The summed E-state index contributed by atoms with van der Waals surface area (Å²) >= 11 is 0. The summed E-state index contributed by atoms with van der Waals surface area (Å²) in [5.41, 5.74) is 0.781. The number of anilines is 1. The van der Waals surface area contributed by atoms with Crippen LogP contribution in [-0.2, 0) is 6.18 Å². The molecule has 0 fully saturated rings. The van der Waals surface area contributed by atoms with Crippen molar-refractivity contribution in [1.82, 2.24) is 10.2 Å². The zero-order valence-corrected chi connectivity index (χ0v) is 16.8. The van der Waals surface area contributed by atoms with E-state index in [1.54, 1.807) is 26.2 Å². The first-order valence-corrected chi connectivity index (χ1v) is 8.99. The first-order valence-electron chi connectivity index (χ1n) is 8.99. The Morgan fingerprint density at radius 1 is 0.966 bits per heavy atom. The number of halogens is 3. The van der Waals surface area contributed by atoms with Crippen molar-refractivity contribution in [2.45, 2.75) is 33.0 Å². The summed E-state index contributed by atoms with van der Waals surface area (Å²) in [6, 6.07) is 7.34. The molecule has 8 heteroatoms. The first-order chi connectivity index (χ1) is 13.7. The molecule has 0 aliphatic heterocycles. The fourth-order valence-corrected chi connectivity index (χ4v) is 3.43. The predicted molar refractivity (Wildman–Crippen MR) is 106 cm³/mol. The van der Waals surface area contributed by atoms with E-state index in [0.29, 0.717) is 28.6 Å². The number of aromatic nitrogens is 2. The van der Waals surface area contributed by atoms with E-state index in [1.165, 1.54) is 20.1 Å². The number of fused-ring (bicyclic) bond motifs is 1. The van der Waals surface area contributed by atoms with Crippen molar-refractivity contribution in [3.05, 3.63) is 52.7 Å². The molecule has 2 aromatic carbocycles.